The monoisotopic (exact) mass is 210 g/mol. The standard InChI is InChI=1S/C13H26N2/c1-2-11-5-3-4-6-12(11)13(15-14)9-10-7-8-10/h10-13,15H,2-9,14H2,1H3. The van der Waals surface area contributed by atoms with Gasteiger partial charge in [-0.15, -0.1) is 0 Å². The first-order valence-corrected chi connectivity index (χ1v) is 6.81. The third kappa shape index (κ3) is 2.94. The SMILES string of the molecule is CCC1CCCCC1C(CC1CC1)NN. The van der Waals surface area contributed by atoms with Crippen LogP contribution in [0.2, 0.25) is 0 Å². The van der Waals surface area contributed by atoms with Crippen LogP contribution >= 0.6 is 0 Å². The molecule has 3 atom stereocenters. The van der Waals surface area contributed by atoms with E-state index in [2.05, 4.69) is 12.3 Å². The van der Waals surface area contributed by atoms with Gasteiger partial charge in [-0.3, -0.25) is 11.3 Å². The third-order valence-corrected chi connectivity index (χ3v) is 4.51. The van der Waals surface area contributed by atoms with E-state index in [1.54, 1.807) is 0 Å². The smallest absolute Gasteiger partial charge is 0.0244 e. The lowest BCUT2D eigenvalue weighted by molar-refractivity contribution is 0.165. The van der Waals surface area contributed by atoms with Crippen molar-refractivity contribution in [2.75, 3.05) is 0 Å². The van der Waals surface area contributed by atoms with E-state index in [1.807, 2.05) is 0 Å². The lowest BCUT2D eigenvalue weighted by Crippen LogP contribution is -2.44. The van der Waals surface area contributed by atoms with Gasteiger partial charge in [0.05, 0.1) is 0 Å². The second-order valence-corrected chi connectivity index (χ2v) is 5.57. The van der Waals surface area contributed by atoms with Gasteiger partial charge < -0.3 is 0 Å². The van der Waals surface area contributed by atoms with Crippen molar-refractivity contribution >= 4 is 0 Å². The predicted octanol–water partition coefficient (Wildman–Crippen LogP) is 2.83. The number of hydrogen-bond acceptors (Lipinski definition) is 2. The first-order chi connectivity index (χ1) is 7.35. The third-order valence-electron chi connectivity index (χ3n) is 4.51. The van der Waals surface area contributed by atoms with E-state index in [-0.39, 0.29) is 0 Å². The minimum atomic E-state index is 0.600. The summed E-state index contributed by atoms with van der Waals surface area (Å²) in [5.74, 6) is 8.52. The van der Waals surface area contributed by atoms with Gasteiger partial charge in [-0.1, -0.05) is 45.4 Å². The Kier molecular flexibility index (Phi) is 4.04. The number of rotatable bonds is 5. The Morgan fingerprint density at radius 3 is 2.53 bits per heavy atom. The second kappa shape index (κ2) is 5.31. The van der Waals surface area contributed by atoms with Crippen molar-refractivity contribution in [2.24, 2.45) is 23.6 Å². The van der Waals surface area contributed by atoms with Crippen molar-refractivity contribution in [3.63, 3.8) is 0 Å². The lowest BCUT2D eigenvalue weighted by Gasteiger charge is -2.36. The molecule has 3 N–H and O–H groups in total. The van der Waals surface area contributed by atoms with Crippen LogP contribution in [-0.2, 0) is 0 Å². The summed E-state index contributed by atoms with van der Waals surface area (Å²) in [4.78, 5) is 0. The topological polar surface area (TPSA) is 38.0 Å². The Morgan fingerprint density at radius 2 is 1.93 bits per heavy atom. The highest BCUT2D eigenvalue weighted by Crippen LogP contribution is 2.40. The van der Waals surface area contributed by atoms with Crippen molar-refractivity contribution in [3.8, 4) is 0 Å². The minimum absolute atomic E-state index is 0.600. The van der Waals surface area contributed by atoms with Gasteiger partial charge >= 0.3 is 0 Å². The van der Waals surface area contributed by atoms with Crippen LogP contribution in [-0.4, -0.2) is 6.04 Å². The fourth-order valence-corrected chi connectivity index (χ4v) is 3.35. The van der Waals surface area contributed by atoms with Crippen LogP contribution in [0.1, 0.15) is 58.3 Å². The molecule has 2 aliphatic rings. The van der Waals surface area contributed by atoms with Gasteiger partial charge in [-0.05, 0) is 30.6 Å². The van der Waals surface area contributed by atoms with E-state index in [4.69, 9.17) is 5.84 Å². The molecule has 0 bridgehead atoms. The molecule has 0 aromatic rings. The van der Waals surface area contributed by atoms with E-state index < -0.39 is 0 Å². The van der Waals surface area contributed by atoms with Crippen LogP contribution in [0.15, 0.2) is 0 Å². The van der Waals surface area contributed by atoms with Gasteiger partial charge in [-0.2, -0.15) is 0 Å². The molecule has 0 spiro atoms. The van der Waals surface area contributed by atoms with Crippen LogP contribution < -0.4 is 11.3 Å². The van der Waals surface area contributed by atoms with E-state index in [1.165, 1.54) is 51.4 Å². The average Bonchev–Trinajstić information content (AvgIpc) is 3.10. The molecule has 0 aromatic heterocycles. The molecule has 2 aliphatic carbocycles. The summed E-state index contributed by atoms with van der Waals surface area (Å²) in [5, 5.41) is 0. The van der Waals surface area contributed by atoms with E-state index in [0.29, 0.717) is 6.04 Å². The van der Waals surface area contributed by atoms with Gasteiger partial charge in [0.1, 0.15) is 0 Å². The largest absolute Gasteiger partial charge is 0.271 e. The highest BCUT2D eigenvalue weighted by molar-refractivity contribution is 4.87. The highest BCUT2D eigenvalue weighted by atomic mass is 15.2. The zero-order chi connectivity index (χ0) is 10.7. The van der Waals surface area contributed by atoms with E-state index in [0.717, 1.165) is 17.8 Å². The Labute approximate surface area is 94.0 Å². The highest BCUT2D eigenvalue weighted by Gasteiger charge is 2.34. The van der Waals surface area contributed by atoms with Crippen molar-refractivity contribution in [1.82, 2.24) is 5.43 Å². The predicted molar refractivity (Wildman–Crippen MR) is 64.2 cm³/mol. The van der Waals surface area contributed by atoms with Crippen LogP contribution in [0.3, 0.4) is 0 Å². The summed E-state index contributed by atoms with van der Waals surface area (Å²) in [6.07, 6.45) is 11.3. The molecule has 0 radical (unpaired) electrons. The Balaban J connectivity index is 1.90. The second-order valence-electron chi connectivity index (χ2n) is 5.57. The molecule has 2 nitrogen and oxygen atoms in total. The van der Waals surface area contributed by atoms with Gasteiger partial charge in [-0.25, -0.2) is 0 Å². The van der Waals surface area contributed by atoms with Gasteiger partial charge in [0.15, 0.2) is 0 Å². The fraction of sp³-hybridized carbons (Fsp3) is 1.00. The minimum Gasteiger partial charge on any atom is -0.271 e. The van der Waals surface area contributed by atoms with E-state index in [9.17, 15) is 0 Å². The van der Waals surface area contributed by atoms with Gasteiger partial charge in [0, 0.05) is 6.04 Å². The van der Waals surface area contributed by atoms with Crippen molar-refractivity contribution in [2.45, 2.75) is 64.3 Å². The maximum Gasteiger partial charge on any atom is 0.0244 e. The fourth-order valence-electron chi connectivity index (χ4n) is 3.35. The molecule has 0 aromatic carbocycles. The summed E-state index contributed by atoms with van der Waals surface area (Å²) in [6, 6.07) is 0.600. The first-order valence-electron chi connectivity index (χ1n) is 6.81. The number of nitrogens with one attached hydrogen (secondary N) is 1. The molecule has 2 saturated carbocycles. The number of hydrazine groups is 1. The van der Waals surface area contributed by atoms with Crippen molar-refractivity contribution in [1.29, 1.82) is 0 Å². The van der Waals surface area contributed by atoms with E-state index >= 15 is 0 Å². The molecule has 2 heteroatoms. The molecular weight excluding hydrogens is 184 g/mol. The molecule has 0 amide bonds. The maximum atomic E-state index is 5.75. The zero-order valence-corrected chi connectivity index (χ0v) is 10.0. The molecule has 2 rings (SSSR count). The van der Waals surface area contributed by atoms with Crippen LogP contribution in [0.5, 0.6) is 0 Å². The summed E-state index contributed by atoms with van der Waals surface area (Å²) < 4.78 is 0. The van der Waals surface area contributed by atoms with Crippen LogP contribution in [0.25, 0.3) is 0 Å². The molecule has 88 valence electrons. The quantitative estimate of drug-likeness (QED) is 0.541. The van der Waals surface area contributed by atoms with Crippen LogP contribution in [0.4, 0.5) is 0 Å². The molecular formula is C13H26N2. The van der Waals surface area contributed by atoms with Crippen molar-refractivity contribution in [3.05, 3.63) is 0 Å². The molecule has 3 unspecified atom stereocenters. The average molecular weight is 210 g/mol. The Bertz CT molecular complexity index is 189. The van der Waals surface area contributed by atoms with Crippen molar-refractivity contribution < 1.29 is 0 Å². The summed E-state index contributed by atoms with van der Waals surface area (Å²) >= 11 is 0. The maximum absolute atomic E-state index is 5.75. The normalized spacial score (nSPS) is 34.0. The molecule has 0 heterocycles. The summed E-state index contributed by atoms with van der Waals surface area (Å²) in [7, 11) is 0. The molecule has 0 saturated heterocycles. The number of hydrogen-bond donors (Lipinski definition) is 2. The first kappa shape index (κ1) is 11.4. The Morgan fingerprint density at radius 1 is 1.20 bits per heavy atom. The lowest BCUT2D eigenvalue weighted by atomic mass is 9.73. The van der Waals surface area contributed by atoms with Gasteiger partial charge in [0.25, 0.3) is 0 Å². The number of nitrogens with two attached hydrogens (primary N) is 1. The summed E-state index contributed by atoms with van der Waals surface area (Å²) in [5.41, 5.74) is 3.11. The molecule has 0 aliphatic heterocycles. The zero-order valence-electron chi connectivity index (χ0n) is 10.0. The van der Waals surface area contributed by atoms with Crippen LogP contribution in [0, 0.1) is 17.8 Å². The molecule has 15 heavy (non-hydrogen) atoms. The summed E-state index contributed by atoms with van der Waals surface area (Å²) in [6.45, 7) is 2.34. The van der Waals surface area contributed by atoms with Gasteiger partial charge in [0.2, 0.25) is 0 Å². The molecule has 2 fully saturated rings. The Hall–Kier alpha value is -0.0800.